The third kappa shape index (κ3) is 1.35. The molecular formula is C20H24O9. The van der Waals surface area contributed by atoms with Gasteiger partial charge in [-0.2, -0.15) is 0 Å². The van der Waals surface area contributed by atoms with Gasteiger partial charge in [0.25, 0.3) is 0 Å². The Morgan fingerprint density at radius 1 is 1.03 bits per heavy atom. The fraction of sp³-hybridized carbons (Fsp3) is 0.850. The first kappa shape index (κ1) is 18.1. The maximum atomic E-state index is 13.3. The van der Waals surface area contributed by atoms with Crippen molar-refractivity contribution in [2.75, 3.05) is 0 Å². The van der Waals surface area contributed by atoms with E-state index in [1.807, 2.05) is 20.8 Å². The number of aliphatic hydroxyl groups excluding tert-OH is 1. The summed E-state index contributed by atoms with van der Waals surface area (Å²) >= 11 is 0. The Hall–Kier alpha value is -1.71. The van der Waals surface area contributed by atoms with E-state index in [1.54, 1.807) is 0 Å². The van der Waals surface area contributed by atoms with Gasteiger partial charge < -0.3 is 29.2 Å². The number of ether oxygens (including phenoxy) is 4. The first-order valence-corrected chi connectivity index (χ1v) is 10.1. The molecule has 29 heavy (non-hydrogen) atoms. The molecule has 9 heteroatoms. The molecule has 9 nitrogen and oxygen atoms in total. The summed E-state index contributed by atoms with van der Waals surface area (Å²) in [4.78, 5) is 38.1. The first-order chi connectivity index (χ1) is 13.4. The van der Waals surface area contributed by atoms with Crippen molar-refractivity contribution in [3.05, 3.63) is 0 Å². The van der Waals surface area contributed by atoms with Gasteiger partial charge in [0.15, 0.2) is 11.7 Å². The van der Waals surface area contributed by atoms with Crippen LogP contribution in [0.25, 0.3) is 0 Å². The predicted octanol–water partition coefficient (Wildman–Crippen LogP) is -0.340. The van der Waals surface area contributed by atoms with Crippen LogP contribution in [-0.4, -0.2) is 63.9 Å². The molecule has 0 aromatic heterocycles. The molecule has 2 aliphatic carbocycles. The summed E-state index contributed by atoms with van der Waals surface area (Å²) in [5.41, 5.74) is -6.81. The highest BCUT2D eigenvalue weighted by atomic mass is 16.8. The number of carbonyl (C=O) groups is 3. The molecule has 4 heterocycles. The molecule has 0 radical (unpaired) electrons. The van der Waals surface area contributed by atoms with Gasteiger partial charge in [0.05, 0.1) is 16.7 Å². The van der Waals surface area contributed by atoms with Crippen LogP contribution in [0.1, 0.15) is 40.5 Å². The van der Waals surface area contributed by atoms with Crippen molar-refractivity contribution in [1.82, 2.24) is 0 Å². The molecule has 158 valence electrons. The van der Waals surface area contributed by atoms with Crippen LogP contribution in [0, 0.1) is 28.1 Å². The van der Waals surface area contributed by atoms with E-state index in [0.29, 0.717) is 6.42 Å². The van der Waals surface area contributed by atoms with Crippen molar-refractivity contribution in [2.24, 2.45) is 28.1 Å². The Labute approximate surface area is 166 Å². The molecule has 4 saturated heterocycles. The van der Waals surface area contributed by atoms with E-state index in [9.17, 15) is 24.6 Å². The second kappa shape index (κ2) is 4.48. The second-order valence-electron chi connectivity index (χ2n) is 10.6. The van der Waals surface area contributed by atoms with Crippen LogP contribution >= 0.6 is 0 Å². The number of hydrogen-bond donors (Lipinski definition) is 2. The van der Waals surface area contributed by atoms with Crippen molar-refractivity contribution in [1.29, 1.82) is 0 Å². The van der Waals surface area contributed by atoms with Crippen LogP contribution in [-0.2, 0) is 33.3 Å². The van der Waals surface area contributed by atoms with E-state index in [1.165, 1.54) is 6.92 Å². The minimum absolute atomic E-state index is 0.0623. The number of rotatable bonds is 0. The molecule has 10 atom stereocenters. The summed E-state index contributed by atoms with van der Waals surface area (Å²) in [7, 11) is 0. The molecule has 0 amide bonds. The maximum absolute atomic E-state index is 13.3. The number of aliphatic hydroxyl groups is 2. The number of fused-ring (bicyclic) bond motifs is 1. The molecule has 0 aromatic carbocycles. The van der Waals surface area contributed by atoms with Gasteiger partial charge >= 0.3 is 17.9 Å². The number of esters is 3. The smallest absolute Gasteiger partial charge is 0.342 e. The summed E-state index contributed by atoms with van der Waals surface area (Å²) in [6.45, 7) is 7.47. The lowest BCUT2D eigenvalue weighted by Crippen LogP contribution is -2.66. The molecule has 6 rings (SSSR count). The van der Waals surface area contributed by atoms with E-state index in [2.05, 4.69) is 0 Å². The molecular weight excluding hydrogens is 384 g/mol. The summed E-state index contributed by atoms with van der Waals surface area (Å²) in [5, 5.41) is 23.0. The summed E-state index contributed by atoms with van der Waals surface area (Å²) in [6, 6.07) is 0. The third-order valence-corrected chi connectivity index (χ3v) is 8.97. The van der Waals surface area contributed by atoms with E-state index in [-0.39, 0.29) is 17.8 Å². The summed E-state index contributed by atoms with van der Waals surface area (Å²) in [5.74, 6) is -3.52. The zero-order valence-corrected chi connectivity index (χ0v) is 16.6. The fourth-order valence-corrected chi connectivity index (χ4v) is 8.06. The summed E-state index contributed by atoms with van der Waals surface area (Å²) < 4.78 is 22.9. The molecule has 0 aromatic rings. The topological polar surface area (TPSA) is 129 Å². The second-order valence-corrected chi connectivity index (χ2v) is 10.6. The minimum Gasteiger partial charge on any atom is -0.459 e. The van der Waals surface area contributed by atoms with Crippen molar-refractivity contribution in [3.63, 3.8) is 0 Å². The van der Waals surface area contributed by atoms with Gasteiger partial charge in [0.1, 0.15) is 12.2 Å². The van der Waals surface area contributed by atoms with Crippen LogP contribution in [0.4, 0.5) is 0 Å². The van der Waals surface area contributed by atoms with Crippen LogP contribution in [0.5, 0.6) is 0 Å². The van der Waals surface area contributed by atoms with Gasteiger partial charge in [-0.3, -0.25) is 4.79 Å². The zero-order chi connectivity index (χ0) is 20.9. The molecule has 4 aliphatic heterocycles. The highest BCUT2D eigenvalue weighted by Crippen LogP contribution is 2.84. The normalized spacial score (nSPS) is 59.2. The van der Waals surface area contributed by atoms with Gasteiger partial charge in [-0.1, -0.05) is 20.8 Å². The molecule has 3 unspecified atom stereocenters. The Balaban J connectivity index is 1.68. The van der Waals surface area contributed by atoms with Crippen molar-refractivity contribution in [3.8, 4) is 0 Å². The van der Waals surface area contributed by atoms with Gasteiger partial charge in [-0.15, -0.1) is 0 Å². The maximum Gasteiger partial charge on any atom is 0.342 e. The largest absolute Gasteiger partial charge is 0.459 e. The van der Waals surface area contributed by atoms with Crippen LogP contribution < -0.4 is 0 Å². The van der Waals surface area contributed by atoms with Gasteiger partial charge in [0.2, 0.25) is 11.9 Å². The van der Waals surface area contributed by atoms with Gasteiger partial charge in [0, 0.05) is 6.42 Å². The first-order valence-electron chi connectivity index (χ1n) is 10.1. The zero-order valence-electron chi connectivity index (χ0n) is 16.6. The number of carbonyl (C=O) groups excluding carboxylic acids is 3. The molecule has 6 fully saturated rings. The van der Waals surface area contributed by atoms with E-state index >= 15 is 0 Å². The lowest BCUT2D eigenvalue weighted by molar-refractivity contribution is -0.238. The highest BCUT2D eigenvalue weighted by molar-refractivity contribution is 5.93. The van der Waals surface area contributed by atoms with E-state index in [4.69, 9.17) is 18.9 Å². The van der Waals surface area contributed by atoms with Crippen molar-refractivity contribution >= 4 is 17.9 Å². The quantitative estimate of drug-likeness (QED) is 0.408. The van der Waals surface area contributed by atoms with Gasteiger partial charge in [-0.25, -0.2) is 9.59 Å². The standard InChI is InChI=1S/C20H24O9/c1-7-12(22)26-10-6-17-9-5-8(16(2,3)4)18(17)11(21)13(23)28-15(18)29-20(17,14(24)27-9)19(7,10)25/h7-11,15,21,25H,5-6H2,1-4H3/t7-,8+,9-,10+,11+,15?,17?,18?,19-,20-/m1/s1. The fourth-order valence-electron chi connectivity index (χ4n) is 8.06. The minimum atomic E-state index is -1.97. The average molecular weight is 408 g/mol. The Morgan fingerprint density at radius 3 is 2.38 bits per heavy atom. The SMILES string of the molecule is C[C@@H]1C(=O)O[C@H]2CC34[C@H]5C[C@@H](C(C)(C)C)C36C(OC(=O)[C@@H]6O)O[C@@]4(C(=O)O5)[C@]21O. The van der Waals surface area contributed by atoms with Crippen LogP contribution in [0.3, 0.4) is 0 Å². The van der Waals surface area contributed by atoms with E-state index in [0.717, 1.165) is 0 Å². The van der Waals surface area contributed by atoms with Crippen LogP contribution in [0.15, 0.2) is 0 Å². The van der Waals surface area contributed by atoms with Crippen LogP contribution in [0.2, 0.25) is 0 Å². The van der Waals surface area contributed by atoms with E-state index < -0.39 is 70.5 Å². The lowest BCUT2D eigenvalue weighted by atomic mass is 9.51. The molecule has 6 aliphatic rings. The Kier molecular flexibility index (Phi) is 2.79. The van der Waals surface area contributed by atoms with Crippen molar-refractivity contribution in [2.45, 2.75) is 76.3 Å². The van der Waals surface area contributed by atoms with Crippen molar-refractivity contribution < 1.29 is 43.5 Å². The number of hydrogen-bond acceptors (Lipinski definition) is 9. The third-order valence-electron chi connectivity index (χ3n) is 8.97. The molecule has 2 saturated carbocycles. The average Bonchev–Trinajstić information content (AvgIpc) is 3.31. The highest BCUT2D eigenvalue weighted by Gasteiger charge is 3.01. The molecule has 2 N–H and O–H groups in total. The summed E-state index contributed by atoms with van der Waals surface area (Å²) in [6.07, 6.45) is -3.96. The monoisotopic (exact) mass is 408 g/mol. The van der Waals surface area contributed by atoms with Gasteiger partial charge in [-0.05, 0) is 24.7 Å². The Morgan fingerprint density at radius 2 is 1.72 bits per heavy atom. The predicted molar refractivity (Wildman–Crippen MR) is 90.6 cm³/mol. The lowest BCUT2D eigenvalue weighted by Gasteiger charge is -2.46. The molecule has 2 spiro atoms. The Bertz CT molecular complexity index is 893. The molecule has 0 bridgehead atoms.